The maximum atomic E-state index is 9.77. The Morgan fingerprint density at radius 1 is 1.14 bits per heavy atom. The fourth-order valence-electron chi connectivity index (χ4n) is 6.33. The van der Waals surface area contributed by atoms with Gasteiger partial charge in [0.15, 0.2) is 12.2 Å². The van der Waals surface area contributed by atoms with Crippen LogP contribution >= 0.6 is 0 Å². The third-order valence-corrected chi connectivity index (χ3v) is 8.57. The van der Waals surface area contributed by atoms with Crippen molar-refractivity contribution in [2.24, 2.45) is 11.8 Å². The monoisotopic (exact) mass is 491 g/mol. The normalized spacial score (nSPS) is 27.8. The number of carboxylic acids is 2. The fraction of sp³-hybridized carbons (Fsp3) is 0.704. The number of ether oxygens (including phenoxy) is 1. The van der Waals surface area contributed by atoms with Gasteiger partial charge in [0.25, 0.3) is 0 Å². The molecule has 0 amide bonds. The summed E-state index contributed by atoms with van der Waals surface area (Å²) < 4.78 is 5.58. The van der Waals surface area contributed by atoms with E-state index in [1.807, 2.05) is 0 Å². The molecule has 1 aliphatic heterocycles. The van der Waals surface area contributed by atoms with Crippen molar-refractivity contribution in [3.63, 3.8) is 0 Å². The van der Waals surface area contributed by atoms with E-state index in [9.17, 15) is 9.59 Å². The first kappa shape index (κ1) is 27.4. The molecule has 1 aromatic carbocycles. The Labute approximate surface area is 207 Å². The molecular weight excluding hydrogens is 450 g/mol. The van der Waals surface area contributed by atoms with Crippen molar-refractivity contribution in [3.8, 4) is 5.75 Å². The summed E-state index contributed by atoms with van der Waals surface area (Å²) in [5, 5.41) is 32.5. The van der Waals surface area contributed by atoms with Crippen molar-refractivity contribution in [3.05, 3.63) is 29.3 Å². The number of carbonyl (C=O) groups is 2. The zero-order chi connectivity index (χ0) is 25.8. The summed E-state index contributed by atoms with van der Waals surface area (Å²) >= 11 is 0. The van der Waals surface area contributed by atoms with Crippen LogP contribution in [0.4, 0.5) is 0 Å². The van der Waals surface area contributed by atoms with Crippen LogP contribution in [0.5, 0.6) is 5.75 Å². The van der Waals surface area contributed by atoms with Gasteiger partial charge < -0.3 is 25.2 Å². The number of benzene rings is 1. The average molecular weight is 492 g/mol. The molecule has 2 bridgehead atoms. The second kappa shape index (κ2) is 11.7. The first-order valence-electron chi connectivity index (χ1n) is 12.9. The quantitative estimate of drug-likeness (QED) is 0.437. The average Bonchev–Trinajstić information content (AvgIpc) is 2.87. The number of carboxylic acid groups (broad SMARTS) is 2. The van der Waals surface area contributed by atoms with Crippen molar-refractivity contribution < 1.29 is 34.8 Å². The van der Waals surface area contributed by atoms with Gasteiger partial charge in [0.05, 0.1) is 7.11 Å². The smallest absolute Gasteiger partial charge is 0.335 e. The second-order valence-corrected chi connectivity index (χ2v) is 10.5. The van der Waals surface area contributed by atoms with Crippen molar-refractivity contribution in [2.45, 2.75) is 88.9 Å². The van der Waals surface area contributed by atoms with E-state index in [0.717, 1.165) is 23.6 Å². The lowest BCUT2D eigenvalue weighted by atomic mass is 9.52. The first-order valence-corrected chi connectivity index (χ1v) is 12.9. The van der Waals surface area contributed by atoms with Crippen molar-refractivity contribution >= 4 is 11.9 Å². The van der Waals surface area contributed by atoms with Gasteiger partial charge in [0, 0.05) is 11.5 Å². The second-order valence-electron chi connectivity index (χ2n) is 10.5. The van der Waals surface area contributed by atoms with Crippen molar-refractivity contribution in [1.29, 1.82) is 0 Å². The van der Waals surface area contributed by atoms with Gasteiger partial charge in [0.2, 0.25) is 0 Å². The van der Waals surface area contributed by atoms with Crippen LogP contribution in [0.25, 0.3) is 0 Å². The maximum absolute atomic E-state index is 9.77. The Balaban J connectivity index is 0.000000292. The highest BCUT2D eigenvalue weighted by Gasteiger charge is 2.53. The molecule has 8 nitrogen and oxygen atoms in total. The number of hydrogen-bond acceptors (Lipinski definition) is 6. The molecule has 4 rings (SSSR count). The van der Waals surface area contributed by atoms with E-state index in [4.69, 9.17) is 25.2 Å². The van der Waals surface area contributed by atoms with E-state index < -0.39 is 24.1 Å². The highest BCUT2D eigenvalue weighted by molar-refractivity contribution is 5.83. The molecule has 1 unspecified atom stereocenters. The van der Waals surface area contributed by atoms with Gasteiger partial charge >= 0.3 is 11.9 Å². The van der Waals surface area contributed by atoms with Crippen LogP contribution in [0.1, 0.15) is 69.9 Å². The summed E-state index contributed by atoms with van der Waals surface area (Å²) in [4.78, 5) is 22.4. The summed E-state index contributed by atoms with van der Waals surface area (Å²) in [7, 11) is 1.81. The Bertz CT molecular complexity index is 872. The minimum atomic E-state index is -2.27. The zero-order valence-electron chi connectivity index (χ0n) is 21.2. The van der Waals surface area contributed by atoms with Crippen molar-refractivity contribution in [1.82, 2.24) is 4.90 Å². The number of aliphatic carboxylic acids is 2. The molecule has 196 valence electrons. The maximum Gasteiger partial charge on any atom is 0.335 e. The summed E-state index contributed by atoms with van der Waals surface area (Å²) in [6.45, 7) is 7.35. The molecule has 2 fully saturated rings. The van der Waals surface area contributed by atoms with Crippen molar-refractivity contribution in [2.75, 3.05) is 20.2 Å². The van der Waals surface area contributed by atoms with Crippen LogP contribution in [-0.2, 0) is 21.4 Å². The SMILES string of the molecule is CCC(C)CCN1CC[C@]23CCCC[C@H]2[C@H]1Cc1ccc(OC)cc13.O=C(O)[C@H](O)[C@@H](O)C(=O)O. The predicted molar refractivity (Wildman–Crippen MR) is 132 cm³/mol. The lowest BCUT2D eigenvalue weighted by Crippen LogP contribution is -2.61. The Morgan fingerprint density at radius 2 is 1.83 bits per heavy atom. The molecule has 1 aromatic rings. The first-order chi connectivity index (χ1) is 16.6. The van der Waals surface area contributed by atoms with E-state index in [1.165, 1.54) is 64.5 Å². The molecule has 1 heterocycles. The Kier molecular flexibility index (Phi) is 9.18. The summed E-state index contributed by atoms with van der Waals surface area (Å²) in [6, 6.07) is 7.71. The third kappa shape index (κ3) is 5.81. The van der Waals surface area contributed by atoms with E-state index in [2.05, 4.69) is 36.9 Å². The van der Waals surface area contributed by atoms with Gasteiger partial charge in [-0.15, -0.1) is 0 Å². The molecule has 1 saturated carbocycles. The highest BCUT2D eigenvalue weighted by atomic mass is 16.5. The van der Waals surface area contributed by atoms with E-state index in [0.29, 0.717) is 5.41 Å². The zero-order valence-corrected chi connectivity index (χ0v) is 21.2. The lowest BCUT2D eigenvalue weighted by Gasteiger charge is -2.59. The Hall–Kier alpha value is -2.16. The molecule has 35 heavy (non-hydrogen) atoms. The van der Waals surface area contributed by atoms with Gasteiger partial charge in [-0.25, -0.2) is 9.59 Å². The number of aliphatic hydroxyl groups is 2. The minimum absolute atomic E-state index is 0.442. The number of rotatable bonds is 8. The molecule has 0 radical (unpaired) electrons. The molecule has 6 atom stereocenters. The van der Waals surface area contributed by atoms with Crippen LogP contribution in [0.15, 0.2) is 18.2 Å². The van der Waals surface area contributed by atoms with Gasteiger partial charge in [-0.2, -0.15) is 0 Å². The molecule has 2 aliphatic carbocycles. The number of nitrogens with zero attached hydrogens (tertiary/aromatic N) is 1. The fourth-order valence-corrected chi connectivity index (χ4v) is 6.33. The van der Waals surface area contributed by atoms with Gasteiger partial charge in [0.1, 0.15) is 5.75 Å². The molecular formula is C27H41NO7. The third-order valence-electron chi connectivity index (χ3n) is 8.57. The summed E-state index contributed by atoms with van der Waals surface area (Å²) in [5.41, 5.74) is 3.70. The Morgan fingerprint density at radius 3 is 2.43 bits per heavy atom. The molecule has 4 N–H and O–H groups in total. The minimum Gasteiger partial charge on any atom is -0.497 e. The van der Waals surface area contributed by atoms with Crippen LogP contribution in [0.2, 0.25) is 0 Å². The summed E-state index contributed by atoms with van der Waals surface area (Å²) in [6.07, 6.45) is 6.43. The standard InChI is InChI=1S/C23H35NO.C4H6O6/c1-4-17(2)10-13-24-14-12-23-11-6-5-7-20(23)22(24)15-18-8-9-19(25-3)16-21(18)23;5-1(3(7)8)2(6)4(9)10/h8-9,16-17,20,22H,4-7,10-15H2,1-3H3;1-2,5-6H,(H,7,8)(H,9,10)/t17?,20-,22+,23+;1-,2-/m01/s1. The van der Waals surface area contributed by atoms with E-state index >= 15 is 0 Å². The van der Waals surface area contributed by atoms with Gasteiger partial charge in [-0.3, -0.25) is 4.90 Å². The van der Waals surface area contributed by atoms with Gasteiger partial charge in [-0.1, -0.05) is 39.2 Å². The van der Waals surface area contributed by atoms with Crippen LogP contribution in [-0.4, -0.2) is 75.7 Å². The molecule has 8 heteroatoms. The van der Waals surface area contributed by atoms with Gasteiger partial charge in [-0.05, 0) is 80.3 Å². The van der Waals surface area contributed by atoms with Crippen LogP contribution < -0.4 is 4.74 Å². The number of methoxy groups -OCH3 is 1. The number of fused-ring (bicyclic) bond motifs is 1. The topological polar surface area (TPSA) is 128 Å². The molecule has 3 aliphatic rings. The molecule has 0 aromatic heterocycles. The summed E-state index contributed by atoms with van der Waals surface area (Å²) in [5.74, 6) is -0.760. The number of piperidine rings is 1. The number of aliphatic hydroxyl groups excluding tert-OH is 2. The number of hydrogen-bond donors (Lipinski definition) is 4. The largest absolute Gasteiger partial charge is 0.497 e. The lowest BCUT2D eigenvalue weighted by molar-refractivity contribution is -0.165. The van der Waals surface area contributed by atoms with Crippen LogP contribution in [0.3, 0.4) is 0 Å². The highest BCUT2D eigenvalue weighted by Crippen LogP contribution is 2.56. The van der Waals surface area contributed by atoms with E-state index in [-0.39, 0.29) is 0 Å². The molecule has 0 spiro atoms. The van der Waals surface area contributed by atoms with E-state index in [1.54, 1.807) is 18.2 Å². The predicted octanol–water partition coefficient (Wildman–Crippen LogP) is 3.07. The molecule has 1 saturated heterocycles. The number of likely N-dealkylation sites (tertiary alicyclic amines) is 1. The van der Waals surface area contributed by atoms with Crippen LogP contribution in [0, 0.1) is 11.8 Å².